The van der Waals surface area contributed by atoms with Crippen LogP contribution in [0.1, 0.15) is 25.0 Å². The Morgan fingerprint density at radius 1 is 1.25 bits per heavy atom. The number of carbonyl (C=O) groups excluding carboxylic acids is 1. The lowest BCUT2D eigenvalue weighted by Crippen LogP contribution is -2.39. The van der Waals surface area contributed by atoms with E-state index in [9.17, 15) is 4.79 Å². The van der Waals surface area contributed by atoms with E-state index in [2.05, 4.69) is 0 Å². The topological polar surface area (TPSA) is 35.5 Å². The van der Waals surface area contributed by atoms with Crippen molar-refractivity contribution < 1.29 is 14.3 Å². The molecule has 0 spiro atoms. The van der Waals surface area contributed by atoms with Gasteiger partial charge in [0.05, 0.1) is 7.11 Å². The SMILES string of the molecule is COC(=O)C(C)(C)Oc1cc(C)ccc1C. The monoisotopic (exact) mass is 222 g/mol. The average molecular weight is 222 g/mol. The first-order valence-corrected chi connectivity index (χ1v) is 5.21. The first-order valence-electron chi connectivity index (χ1n) is 5.21. The summed E-state index contributed by atoms with van der Waals surface area (Å²) in [5.74, 6) is 0.337. The summed E-state index contributed by atoms with van der Waals surface area (Å²) in [5, 5.41) is 0. The van der Waals surface area contributed by atoms with Gasteiger partial charge in [0.1, 0.15) is 5.75 Å². The van der Waals surface area contributed by atoms with Gasteiger partial charge in [-0.25, -0.2) is 4.79 Å². The maximum Gasteiger partial charge on any atom is 0.349 e. The van der Waals surface area contributed by atoms with E-state index in [-0.39, 0.29) is 5.97 Å². The Labute approximate surface area is 96.4 Å². The normalized spacial score (nSPS) is 11.1. The van der Waals surface area contributed by atoms with Crippen molar-refractivity contribution in [1.82, 2.24) is 0 Å². The number of benzene rings is 1. The van der Waals surface area contributed by atoms with E-state index in [4.69, 9.17) is 9.47 Å². The largest absolute Gasteiger partial charge is 0.476 e. The Morgan fingerprint density at radius 2 is 1.88 bits per heavy atom. The summed E-state index contributed by atoms with van der Waals surface area (Å²) >= 11 is 0. The molecule has 0 heterocycles. The zero-order chi connectivity index (χ0) is 12.3. The molecule has 1 aromatic carbocycles. The van der Waals surface area contributed by atoms with Crippen molar-refractivity contribution in [2.75, 3.05) is 7.11 Å². The third-order valence-electron chi connectivity index (χ3n) is 2.39. The second-order valence-corrected chi connectivity index (χ2v) is 4.37. The number of esters is 1. The maximum absolute atomic E-state index is 11.5. The number of ether oxygens (including phenoxy) is 2. The molecule has 0 amide bonds. The number of methoxy groups -OCH3 is 1. The van der Waals surface area contributed by atoms with E-state index in [1.165, 1.54) is 7.11 Å². The summed E-state index contributed by atoms with van der Waals surface area (Å²) in [6, 6.07) is 5.89. The van der Waals surface area contributed by atoms with Crippen LogP contribution < -0.4 is 4.74 Å². The minimum Gasteiger partial charge on any atom is -0.476 e. The van der Waals surface area contributed by atoms with E-state index in [1.807, 2.05) is 32.0 Å². The van der Waals surface area contributed by atoms with E-state index in [0.717, 1.165) is 16.9 Å². The summed E-state index contributed by atoms with van der Waals surface area (Å²) in [6.45, 7) is 7.32. The van der Waals surface area contributed by atoms with Gasteiger partial charge < -0.3 is 9.47 Å². The second-order valence-electron chi connectivity index (χ2n) is 4.37. The zero-order valence-electron chi connectivity index (χ0n) is 10.5. The third kappa shape index (κ3) is 2.75. The van der Waals surface area contributed by atoms with Gasteiger partial charge in [-0.3, -0.25) is 0 Å². The molecule has 0 saturated carbocycles. The molecule has 0 saturated heterocycles. The van der Waals surface area contributed by atoms with E-state index < -0.39 is 5.60 Å². The van der Waals surface area contributed by atoms with Gasteiger partial charge in [-0.2, -0.15) is 0 Å². The van der Waals surface area contributed by atoms with Crippen LogP contribution in [-0.2, 0) is 9.53 Å². The van der Waals surface area contributed by atoms with Crippen molar-refractivity contribution in [1.29, 1.82) is 0 Å². The molecule has 0 aromatic heterocycles. The van der Waals surface area contributed by atoms with Crippen molar-refractivity contribution in [2.45, 2.75) is 33.3 Å². The fourth-order valence-electron chi connectivity index (χ4n) is 1.38. The van der Waals surface area contributed by atoms with Gasteiger partial charge in [0.25, 0.3) is 0 Å². The van der Waals surface area contributed by atoms with Crippen molar-refractivity contribution in [3.05, 3.63) is 29.3 Å². The standard InChI is InChI=1S/C13H18O3/c1-9-6-7-10(2)11(8-9)16-13(3,4)12(14)15-5/h6-8H,1-5H3. The highest BCUT2D eigenvalue weighted by molar-refractivity contribution is 5.78. The maximum atomic E-state index is 11.5. The van der Waals surface area contributed by atoms with Crippen LogP contribution in [0.25, 0.3) is 0 Å². The fourth-order valence-corrected chi connectivity index (χ4v) is 1.38. The van der Waals surface area contributed by atoms with E-state index in [0.29, 0.717) is 0 Å². The molecule has 0 fully saturated rings. The number of aryl methyl sites for hydroxylation is 2. The first-order chi connectivity index (χ1) is 7.36. The van der Waals surface area contributed by atoms with Crippen molar-refractivity contribution in [3.8, 4) is 5.75 Å². The molecule has 0 N–H and O–H groups in total. The molecule has 0 unspecified atom stereocenters. The van der Waals surface area contributed by atoms with Crippen LogP contribution in [0.5, 0.6) is 5.75 Å². The lowest BCUT2D eigenvalue weighted by molar-refractivity contribution is -0.156. The van der Waals surface area contributed by atoms with Gasteiger partial charge in [0, 0.05) is 0 Å². The highest BCUT2D eigenvalue weighted by atomic mass is 16.6. The summed E-state index contributed by atoms with van der Waals surface area (Å²) in [4.78, 5) is 11.5. The Bertz CT molecular complexity index is 394. The second kappa shape index (κ2) is 4.56. The molecule has 0 atom stereocenters. The van der Waals surface area contributed by atoms with Gasteiger partial charge in [-0.05, 0) is 44.9 Å². The molecule has 3 heteroatoms. The number of rotatable bonds is 3. The van der Waals surface area contributed by atoms with Crippen LogP contribution in [0.2, 0.25) is 0 Å². The van der Waals surface area contributed by atoms with Crippen LogP contribution in [0, 0.1) is 13.8 Å². The molecular weight excluding hydrogens is 204 g/mol. The van der Waals surface area contributed by atoms with E-state index >= 15 is 0 Å². The smallest absolute Gasteiger partial charge is 0.349 e. The summed E-state index contributed by atoms with van der Waals surface area (Å²) < 4.78 is 10.4. The number of hydrogen-bond donors (Lipinski definition) is 0. The highest BCUT2D eigenvalue weighted by Crippen LogP contribution is 2.24. The molecule has 0 aliphatic carbocycles. The molecule has 0 aliphatic heterocycles. The minimum absolute atomic E-state index is 0.381. The predicted molar refractivity (Wildman–Crippen MR) is 62.6 cm³/mol. The van der Waals surface area contributed by atoms with Crippen LogP contribution >= 0.6 is 0 Å². The Balaban J connectivity index is 2.95. The van der Waals surface area contributed by atoms with Crippen LogP contribution in [-0.4, -0.2) is 18.7 Å². The summed E-state index contributed by atoms with van der Waals surface area (Å²) in [7, 11) is 1.36. The Kier molecular flexibility index (Phi) is 3.58. The van der Waals surface area contributed by atoms with Gasteiger partial charge in [-0.15, -0.1) is 0 Å². The molecule has 3 nitrogen and oxygen atoms in total. The third-order valence-corrected chi connectivity index (χ3v) is 2.39. The lowest BCUT2D eigenvalue weighted by Gasteiger charge is -2.24. The molecule has 0 aliphatic rings. The zero-order valence-corrected chi connectivity index (χ0v) is 10.5. The van der Waals surface area contributed by atoms with Gasteiger partial charge >= 0.3 is 5.97 Å². The predicted octanol–water partition coefficient (Wildman–Crippen LogP) is 2.63. The first kappa shape index (κ1) is 12.6. The van der Waals surface area contributed by atoms with Gasteiger partial charge in [0.2, 0.25) is 0 Å². The molecule has 1 aromatic rings. The summed E-state index contributed by atoms with van der Waals surface area (Å²) in [6.07, 6.45) is 0. The van der Waals surface area contributed by atoms with Gasteiger partial charge in [0.15, 0.2) is 5.60 Å². The summed E-state index contributed by atoms with van der Waals surface area (Å²) in [5.41, 5.74) is 1.14. The molecule has 88 valence electrons. The van der Waals surface area contributed by atoms with E-state index in [1.54, 1.807) is 13.8 Å². The Hall–Kier alpha value is -1.51. The average Bonchev–Trinajstić information content (AvgIpc) is 2.22. The lowest BCUT2D eigenvalue weighted by atomic mass is 10.1. The molecular formula is C13H18O3. The van der Waals surface area contributed by atoms with Gasteiger partial charge in [-0.1, -0.05) is 12.1 Å². The molecule has 16 heavy (non-hydrogen) atoms. The highest BCUT2D eigenvalue weighted by Gasteiger charge is 2.31. The molecule has 0 bridgehead atoms. The van der Waals surface area contributed by atoms with Crippen LogP contribution in [0.15, 0.2) is 18.2 Å². The quantitative estimate of drug-likeness (QED) is 0.737. The fraction of sp³-hybridized carbons (Fsp3) is 0.462. The van der Waals surface area contributed by atoms with Crippen molar-refractivity contribution in [2.24, 2.45) is 0 Å². The number of carbonyl (C=O) groups is 1. The molecule has 1 rings (SSSR count). The van der Waals surface area contributed by atoms with Crippen LogP contribution in [0.4, 0.5) is 0 Å². The number of hydrogen-bond acceptors (Lipinski definition) is 3. The van der Waals surface area contributed by atoms with Crippen LogP contribution in [0.3, 0.4) is 0 Å². The Morgan fingerprint density at radius 3 is 2.44 bits per heavy atom. The van der Waals surface area contributed by atoms with Crippen molar-refractivity contribution in [3.63, 3.8) is 0 Å². The van der Waals surface area contributed by atoms with Crippen molar-refractivity contribution >= 4 is 5.97 Å². The minimum atomic E-state index is -0.965. The molecule has 0 radical (unpaired) electrons.